The minimum Gasteiger partial charge on any atom is -0.497 e. The lowest BCUT2D eigenvalue weighted by atomic mass is 10.0. The summed E-state index contributed by atoms with van der Waals surface area (Å²) in [6.45, 7) is 3.62. The molecule has 0 unspecified atom stereocenters. The first-order chi connectivity index (χ1) is 12.7. The van der Waals surface area contributed by atoms with Crippen molar-refractivity contribution in [3.63, 3.8) is 0 Å². The molecule has 1 fully saturated rings. The van der Waals surface area contributed by atoms with Gasteiger partial charge in [0.1, 0.15) is 5.75 Å². The molecule has 0 aliphatic carbocycles. The van der Waals surface area contributed by atoms with E-state index < -0.39 is 0 Å². The van der Waals surface area contributed by atoms with Crippen LogP contribution in [-0.2, 0) is 4.74 Å². The molecule has 2 aromatic carbocycles. The molecular weight excluding hydrogens is 352 g/mol. The van der Waals surface area contributed by atoms with Crippen molar-refractivity contribution in [3.8, 4) is 5.75 Å². The number of amides is 1. The van der Waals surface area contributed by atoms with Crippen LogP contribution in [0, 0.1) is 0 Å². The number of hydrogen-bond acceptors (Lipinski definition) is 4. The number of ether oxygens (including phenoxy) is 2. The molecular formula is C20H23ClN2O3. The summed E-state index contributed by atoms with van der Waals surface area (Å²) >= 11 is 5.89. The third-order valence-corrected chi connectivity index (χ3v) is 4.80. The molecule has 0 spiro atoms. The third kappa shape index (κ3) is 4.75. The molecule has 0 saturated carbocycles. The van der Waals surface area contributed by atoms with Gasteiger partial charge in [-0.05, 0) is 42.0 Å². The normalized spacial score (nSPS) is 16.1. The molecule has 2 aromatic rings. The number of hydrogen-bond donors (Lipinski definition) is 1. The summed E-state index contributed by atoms with van der Waals surface area (Å²) < 4.78 is 10.7. The van der Waals surface area contributed by atoms with Crippen molar-refractivity contribution in [1.82, 2.24) is 10.2 Å². The highest BCUT2D eigenvalue weighted by atomic mass is 35.5. The van der Waals surface area contributed by atoms with E-state index >= 15 is 0 Å². The molecule has 3 rings (SSSR count). The number of halogens is 1. The minimum absolute atomic E-state index is 0.0843. The second-order valence-corrected chi connectivity index (χ2v) is 6.59. The van der Waals surface area contributed by atoms with Crippen molar-refractivity contribution in [2.75, 3.05) is 40.0 Å². The summed E-state index contributed by atoms with van der Waals surface area (Å²) in [5, 5.41) is 3.66. The van der Waals surface area contributed by atoms with Gasteiger partial charge in [0.2, 0.25) is 0 Å². The van der Waals surface area contributed by atoms with Gasteiger partial charge in [-0.25, -0.2) is 0 Å². The van der Waals surface area contributed by atoms with Crippen LogP contribution < -0.4 is 10.1 Å². The molecule has 26 heavy (non-hydrogen) atoms. The molecule has 1 saturated heterocycles. The molecule has 5 nitrogen and oxygen atoms in total. The number of nitrogens with zero attached hydrogens (tertiary/aromatic N) is 1. The van der Waals surface area contributed by atoms with Crippen LogP contribution in [0.15, 0.2) is 48.5 Å². The predicted octanol–water partition coefficient (Wildman–Crippen LogP) is 3.15. The van der Waals surface area contributed by atoms with E-state index in [1.165, 1.54) is 0 Å². The van der Waals surface area contributed by atoms with E-state index in [0.29, 0.717) is 30.3 Å². The van der Waals surface area contributed by atoms with Crippen molar-refractivity contribution < 1.29 is 14.3 Å². The van der Waals surface area contributed by atoms with Crippen LogP contribution in [0.3, 0.4) is 0 Å². The van der Waals surface area contributed by atoms with Gasteiger partial charge >= 0.3 is 0 Å². The highest BCUT2D eigenvalue weighted by Crippen LogP contribution is 2.24. The van der Waals surface area contributed by atoms with Crippen molar-refractivity contribution >= 4 is 17.5 Å². The van der Waals surface area contributed by atoms with Gasteiger partial charge in [-0.2, -0.15) is 0 Å². The zero-order chi connectivity index (χ0) is 18.4. The van der Waals surface area contributed by atoms with Crippen LogP contribution in [0.1, 0.15) is 22.0 Å². The average molecular weight is 375 g/mol. The maximum absolute atomic E-state index is 12.5. The quantitative estimate of drug-likeness (QED) is 0.843. The maximum atomic E-state index is 12.5. The van der Waals surface area contributed by atoms with Crippen molar-refractivity contribution in [2.45, 2.75) is 6.04 Å². The Morgan fingerprint density at radius 1 is 1.15 bits per heavy atom. The van der Waals surface area contributed by atoms with E-state index in [2.05, 4.69) is 10.2 Å². The lowest BCUT2D eigenvalue weighted by molar-refractivity contribution is 0.0162. The molecule has 6 heteroatoms. The van der Waals surface area contributed by atoms with E-state index in [1.807, 2.05) is 24.3 Å². The van der Waals surface area contributed by atoms with Gasteiger partial charge in [0.15, 0.2) is 0 Å². The summed E-state index contributed by atoms with van der Waals surface area (Å²) in [5.41, 5.74) is 1.74. The summed E-state index contributed by atoms with van der Waals surface area (Å²) in [4.78, 5) is 14.8. The van der Waals surface area contributed by atoms with E-state index in [1.54, 1.807) is 31.4 Å². The van der Waals surface area contributed by atoms with Gasteiger partial charge in [-0.3, -0.25) is 9.69 Å². The predicted molar refractivity (Wildman–Crippen MR) is 102 cm³/mol. The summed E-state index contributed by atoms with van der Waals surface area (Å²) in [7, 11) is 1.65. The molecule has 1 aliphatic heterocycles. The van der Waals surface area contributed by atoms with E-state index in [4.69, 9.17) is 21.1 Å². The van der Waals surface area contributed by atoms with E-state index in [9.17, 15) is 4.79 Å². The Morgan fingerprint density at radius 3 is 2.42 bits per heavy atom. The molecule has 1 N–H and O–H groups in total. The Balaban J connectivity index is 1.72. The summed E-state index contributed by atoms with van der Waals surface area (Å²) in [6, 6.07) is 15.0. The summed E-state index contributed by atoms with van der Waals surface area (Å²) in [6.07, 6.45) is 0. The SMILES string of the molecule is COc1ccc([C@H](CNC(=O)c2ccc(Cl)cc2)N2CCOCC2)cc1. The number of carbonyl (C=O) groups is 1. The van der Waals surface area contributed by atoms with Crippen molar-refractivity contribution in [3.05, 3.63) is 64.7 Å². The average Bonchev–Trinajstić information content (AvgIpc) is 2.70. The van der Waals surface area contributed by atoms with E-state index in [-0.39, 0.29) is 11.9 Å². The number of benzene rings is 2. The molecule has 1 aliphatic rings. The zero-order valence-corrected chi connectivity index (χ0v) is 15.5. The van der Waals surface area contributed by atoms with Gasteiger partial charge in [-0.15, -0.1) is 0 Å². The topological polar surface area (TPSA) is 50.8 Å². The van der Waals surface area contributed by atoms with Crippen LogP contribution in [0.5, 0.6) is 5.75 Å². The highest BCUT2D eigenvalue weighted by Gasteiger charge is 2.23. The second kappa shape index (κ2) is 9.03. The van der Waals surface area contributed by atoms with Crippen molar-refractivity contribution in [1.29, 1.82) is 0 Å². The number of methoxy groups -OCH3 is 1. The van der Waals surface area contributed by atoms with Gasteiger partial charge in [0.05, 0.1) is 26.4 Å². The lowest BCUT2D eigenvalue weighted by Gasteiger charge is -2.35. The Hall–Kier alpha value is -2.08. The second-order valence-electron chi connectivity index (χ2n) is 6.15. The molecule has 0 radical (unpaired) electrons. The van der Waals surface area contributed by atoms with Crippen LogP contribution >= 0.6 is 11.6 Å². The maximum Gasteiger partial charge on any atom is 0.251 e. The van der Waals surface area contributed by atoms with Crippen LogP contribution in [0.2, 0.25) is 5.02 Å². The minimum atomic E-state index is -0.103. The molecule has 1 amide bonds. The molecule has 138 valence electrons. The standard InChI is InChI=1S/C20H23ClN2O3/c1-25-18-8-4-15(5-9-18)19(23-10-12-26-13-11-23)14-22-20(24)16-2-6-17(21)7-3-16/h2-9,19H,10-14H2,1H3,(H,22,24)/t19-/m0/s1. The third-order valence-electron chi connectivity index (χ3n) is 4.55. The number of morpholine rings is 1. The van der Waals surface area contributed by atoms with Crippen LogP contribution in [0.25, 0.3) is 0 Å². The lowest BCUT2D eigenvalue weighted by Crippen LogP contribution is -2.43. The first kappa shape index (κ1) is 18.7. The zero-order valence-electron chi connectivity index (χ0n) is 14.8. The Bertz CT molecular complexity index is 713. The van der Waals surface area contributed by atoms with Crippen molar-refractivity contribution in [2.24, 2.45) is 0 Å². The van der Waals surface area contributed by atoms with E-state index in [0.717, 1.165) is 24.4 Å². The largest absolute Gasteiger partial charge is 0.497 e. The molecule has 1 atom stereocenters. The van der Waals surface area contributed by atoms with Crippen LogP contribution in [-0.4, -0.2) is 50.8 Å². The first-order valence-electron chi connectivity index (χ1n) is 8.67. The Kier molecular flexibility index (Phi) is 6.50. The Morgan fingerprint density at radius 2 is 1.81 bits per heavy atom. The highest BCUT2D eigenvalue weighted by molar-refractivity contribution is 6.30. The van der Waals surface area contributed by atoms with Crippen LogP contribution in [0.4, 0.5) is 0 Å². The first-order valence-corrected chi connectivity index (χ1v) is 9.04. The van der Waals surface area contributed by atoms with Gasteiger partial charge in [-0.1, -0.05) is 23.7 Å². The number of carbonyl (C=O) groups excluding carboxylic acids is 1. The van der Waals surface area contributed by atoms with Gasteiger partial charge in [0, 0.05) is 30.2 Å². The fraction of sp³-hybridized carbons (Fsp3) is 0.350. The number of rotatable bonds is 6. The Labute approximate surface area is 158 Å². The van der Waals surface area contributed by atoms with Gasteiger partial charge < -0.3 is 14.8 Å². The fourth-order valence-corrected chi connectivity index (χ4v) is 3.19. The smallest absolute Gasteiger partial charge is 0.251 e. The molecule has 0 bridgehead atoms. The molecule has 0 aromatic heterocycles. The summed E-state index contributed by atoms with van der Waals surface area (Å²) in [5.74, 6) is 0.716. The molecule has 1 heterocycles. The monoisotopic (exact) mass is 374 g/mol. The number of nitrogens with one attached hydrogen (secondary N) is 1. The fourth-order valence-electron chi connectivity index (χ4n) is 3.07. The van der Waals surface area contributed by atoms with Gasteiger partial charge in [0.25, 0.3) is 5.91 Å².